The van der Waals surface area contributed by atoms with E-state index >= 15 is 0 Å². The number of carbonyl (C=O) groups is 1. The number of benzene rings is 2. The maximum atomic E-state index is 13.0. The maximum Gasteiger partial charge on any atom is 0.259 e. The summed E-state index contributed by atoms with van der Waals surface area (Å²) in [7, 11) is 0. The standard InChI is InChI=1S/C24H25N3O2/c1-24(2,3)17-7-9-18(10-8-17)26-23(28)20-5-4-6-21-22(20)29-16-15-27(21)19-11-13-25-14-12-19/h4-14H,15-16H2,1-3H3,(H,26,28). The molecule has 0 fully saturated rings. The van der Waals surface area contributed by atoms with Crippen LogP contribution in [-0.4, -0.2) is 24.0 Å². The van der Waals surface area contributed by atoms with Crippen LogP contribution in [0.15, 0.2) is 67.0 Å². The van der Waals surface area contributed by atoms with Crippen molar-refractivity contribution in [2.45, 2.75) is 26.2 Å². The maximum absolute atomic E-state index is 13.0. The largest absolute Gasteiger partial charge is 0.489 e. The SMILES string of the molecule is CC(C)(C)c1ccc(NC(=O)c2cccc3c2OCCN3c2ccncc2)cc1. The molecule has 0 radical (unpaired) electrons. The van der Waals surface area contributed by atoms with Crippen LogP contribution in [0.2, 0.25) is 0 Å². The molecule has 1 N–H and O–H groups in total. The highest BCUT2D eigenvalue weighted by Crippen LogP contribution is 2.39. The molecule has 0 saturated heterocycles. The lowest BCUT2D eigenvalue weighted by Gasteiger charge is -2.32. The first-order valence-electron chi connectivity index (χ1n) is 9.79. The second kappa shape index (κ2) is 7.59. The average molecular weight is 387 g/mol. The molecule has 5 nitrogen and oxygen atoms in total. The number of hydrogen-bond donors (Lipinski definition) is 1. The predicted octanol–water partition coefficient (Wildman–Crippen LogP) is 5.16. The van der Waals surface area contributed by atoms with Crippen molar-refractivity contribution in [1.29, 1.82) is 0 Å². The van der Waals surface area contributed by atoms with E-state index in [1.54, 1.807) is 18.5 Å². The van der Waals surface area contributed by atoms with Gasteiger partial charge in [0.2, 0.25) is 0 Å². The minimum Gasteiger partial charge on any atom is -0.489 e. The molecule has 5 heteroatoms. The number of aromatic nitrogens is 1. The highest BCUT2D eigenvalue weighted by molar-refractivity contribution is 6.07. The van der Waals surface area contributed by atoms with Gasteiger partial charge in [0.15, 0.2) is 5.75 Å². The molecule has 1 amide bonds. The average Bonchev–Trinajstić information content (AvgIpc) is 2.73. The van der Waals surface area contributed by atoms with Gasteiger partial charge >= 0.3 is 0 Å². The monoisotopic (exact) mass is 387 g/mol. The van der Waals surface area contributed by atoms with Gasteiger partial charge in [-0.2, -0.15) is 0 Å². The molecule has 1 aromatic heterocycles. The summed E-state index contributed by atoms with van der Waals surface area (Å²) < 4.78 is 5.91. The second-order valence-electron chi connectivity index (χ2n) is 8.14. The Hall–Kier alpha value is -3.34. The molecule has 2 heterocycles. The van der Waals surface area contributed by atoms with Crippen LogP contribution in [0, 0.1) is 0 Å². The van der Waals surface area contributed by atoms with Crippen molar-refractivity contribution in [2.75, 3.05) is 23.4 Å². The zero-order valence-electron chi connectivity index (χ0n) is 17.0. The van der Waals surface area contributed by atoms with E-state index < -0.39 is 0 Å². The summed E-state index contributed by atoms with van der Waals surface area (Å²) in [6, 6.07) is 17.6. The Bertz CT molecular complexity index is 1010. The smallest absolute Gasteiger partial charge is 0.259 e. The van der Waals surface area contributed by atoms with Crippen LogP contribution < -0.4 is 15.0 Å². The number of nitrogens with zero attached hydrogens (tertiary/aromatic N) is 2. The van der Waals surface area contributed by atoms with E-state index in [0.29, 0.717) is 17.9 Å². The van der Waals surface area contributed by atoms with Crippen molar-refractivity contribution >= 4 is 23.0 Å². The van der Waals surface area contributed by atoms with Crippen molar-refractivity contribution in [2.24, 2.45) is 0 Å². The van der Waals surface area contributed by atoms with Crippen LogP contribution >= 0.6 is 0 Å². The third kappa shape index (κ3) is 3.94. The Kier molecular flexibility index (Phi) is 4.97. The highest BCUT2D eigenvalue weighted by atomic mass is 16.5. The van der Waals surface area contributed by atoms with Crippen LogP contribution in [0.5, 0.6) is 5.75 Å². The van der Waals surface area contributed by atoms with Gasteiger partial charge in [0.05, 0.1) is 17.8 Å². The van der Waals surface area contributed by atoms with E-state index in [1.807, 2.05) is 36.4 Å². The quantitative estimate of drug-likeness (QED) is 0.674. The van der Waals surface area contributed by atoms with Gasteiger partial charge in [-0.15, -0.1) is 0 Å². The van der Waals surface area contributed by atoms with Gasteiger partial charge in [0, 0.05) is 23.8 Å². The molecule has 0 spiro atoms. The first-order valence-corrected chi connectivity index (χ1v) is 9.79. The Morgan fingerprint density at radius 2 is 1.76 bits per heavy atom. The van der Waals surface area contributed by atoms with Gasteiger partial charge in [-0.1, -0.05) is 39.0 Å². The summed E-state index contributed by atoms with van der Waals surface area (Å²) in [6.45, 7) is 7.74. The summed E-state index contributed by atoms with van der Waals surface area (Å²) in [4.78, 5) is 19.2. The number of amides is 1. The lowest BCUT2D eigenvalue weighted by Crippen LogP contribution is -2.30. The third-order valence-corrected chi connectivity index (χ3v) is 5.07. The van der Waals surface area contributed by atoms with E-state index in [4.69, 9.17) is 4.74 Å². The molecule has 0 bridgehead atoms. The summed E-state index contributed by atoms with van der Waals surface area (Å²) in [5.41, 5.74) is 4.51. The molecule has 29 heavy (non-hydrogen) atoms. The lowest BCUT2D eigenvalue weighted by molar-refractivity contribution is 0.102. The number of pyridine rings is 1. The van der Waals surface area contributed by atoms with E-state index in [0.717, 1.165) is 23.6 Å². The first kappa shape index (κ1) is 19.0. The number of fused-ring (bicyclic) bond motifs is 1. The van der Waals surface area contributed by atoms with Gasteiger partial charge in [-0.3, -0.25) is 9.78 Å². The highest BCUT2D eigenvalue weighted by Gasteiger charge is 2.25. The molecule has 4 rings (SSSR count). The molecule has 148 valence electrons. The zero-order valence-corrected chi connectivity index (χ0v) is 17.0. The summed E-state index contributed by atoms with van der Waals surface area (Å²) in [5, 5.41) is 2.99. The molecular formula is C24H25N3O2. The minimum atomic E-state index is -0.179. The van der Waals surface area contributed by atoms with Crippen LogP contribution in [0.1, 0.15) is 36.7 Å². The summed E-state index contributed by atoms with van der Waals surface area (Å²) >= 11 is 0. The molecular weight excluding hydrogens is 362 g/mol. The predicted molar refractivity (Wildman–Crippen MR) is 116 cm³/mol. The van der Waals surface area contributed by atoms with Gasteiger partial charge in [0.1, 0.15) is 6.61 Å². The Labute approximate surface area is 171 Å². The number of nitrogens with one attached hydrogen (secondary N) is 1. The van der Waals surface area contributed by atoms with E-state index in [9.17, 15) is 4.79 Å². The van der Waals surface area contributed by atoms with Gasteiger partial charge < -0.3 is 15.0 Å². The number of carbonyl (C=O) groups excluding carboxylic acids is 1. The van der Waals surface area contributed by atoms with Crippen molar-refractivity contribution in [1.82, 2.24) is 4.98 Å². The fourth-order valence-electron chi connectivity index (χ4n) is 3.47. The minimum absolute atomic E-state index is 0.0747. The number of rotatable bonds is 3. The fourth-order valence-corrected chi connectivity index (χ4v) is 3.47. The molecule has 2 aromatic carbocycles. The van der Waals surface area contributed by atoms with E-state index in [1.165, 1.54) is 5.56 Å². The van der Waals surface area contributed by atoms with Crippen LogP contribution in [0.4, 0.5) is 17.1 Å². The van der Waals surface area contributed by atoms with Crippen molar-refractivity contribution in [3.8, 4) is 5.75 Å². The Balaban J connectivity index is 1.60. The molecule has 1 aliphatic heterocycles. The number of anilines is 3. The van der Waals surface area contributed by atoms with Crippen LogP contribution in [0.25, 0.3) is 0 Å². The number of hydrogen-bond acceptors (Lipinski definition) is 4. The van der Waals surface area contributed by atoms with Gasteiger partial charge in [-0.05, 0) is 47.4 Å². The van der Waals surface area contributed by atoms with E-state index in [-0.39, 0.29) is 11.3 Å². The van der Waals surface area contributed by atoms with Crippen LogP contribution in [-0.2, 0) is 5.41 Å². The number of para-hydroxylation sites is 1. The Morgan fingerprint density at radius 3 is 2.45 bits per heavy atom. The summed E-state index contributed by atoms with van der Waals surface area (Å²) in [6.07, 6.45) is 3.53. The van der Waals surface area contributed by atoms with Crippen LogP contribution in [0.3, 0.4) is 0 Å². The van der Waals surface area contributed by atoms with Gasteiger partial charge in [0.25, 0.3) is 5.91 Å². The second-order valence-corrected chi connectivity index (χ2v) is 8.14. The zero-order chi connectivity index (χ0) is 20.4. The van der Waals surface area contributed by atoms with Gasteiger partial charge in [-0.25, -0.2) is 0 Å². The lowest BCUT2D eigenvalue weighted by atomic mass is 9.87. The molecule has 3 aromatic rings. The molecule has 1 aliphatic rings. The van der Waals surface area contributed by atoms with Crippen molar-refractivity contribution in [3.05, 3.63) is 78.1 Å². The normalized spacial score (nSPS) is 13.4. The molecule has 0 unspecified atom stereocenters. The van der Waals surface area contributed by atoms with Crippen molar-refractivity contribution in [3.63, 3.8) is 0 Å². The first-order chi connectivity index (χ1) is 13.9. The molecule has 0 aliphatic carbocycles. The third-order valence-electron chi connectivity index (χ3n) is 5.07. The summed E-state index contributed by atoms with van der Waals surface area (Å²) in [5.74, 6) is 0.432. The topological polar surface area (TPSA) is 54.5 Å². The van der Waals surface area contributed by atoms with E-state index in [2.05, 4.69) is 48.1 Å². The van der Waals surface area contributed by atoms with Crippen molar-refractivity contribution < 1.29 is 9.53 Å². The molecule has 0 atom stereocenters. The fraction of sp³-hybridized carbons (Fsp3) is 0.250. The number of ether oxygens (including phenoxy) is 1. The Morgan fingerprint density at radius 1 is 1.03 bits per heavy atom. The molecule has 0 saturated carbocycles.